The first-order valence-electron chi connectivity index (χ1n) is 6.68. The number of hydrogen-bond acceptors (Lipinski definition) is 2. The summed E-state index contributed by atoms with van der Waals surface area (Å²) in [6.07, 6.45) is 0. The average Bonchev–Trinajstić information content (AvgIpc) is 3.06. The number of thiophene rings is 1. The van der Waals surface area contributed by atoms with Crippen LogP contribution in [-0.2, 0) is 13.1 Å². The summed E-state index contributed by atoms with van der Waals surface area (Å²) in [6.45, 7) is 3.42. The van der Waals surface area contributed by atoms with Gasteiger partial charge >= 0.3 is 0 Å². The van der Waals surface area contributed by atoms with Crippen molar-refractivity contribution in [3.05, 3.63) is 59.1 Å². The number of nitrogens with one attached hydrogen (secondary N) is 1. The predicted octanol–water partition coefficient (Wildman–Crippen LogP) is 3.65. The Morgan fingerprint density at radius 3 is 2.80 bits per heavy atom. The highest BCUT2D eigenvalue weighted by molar-refractivity contribution is 7.17. The Kier molecular flexibility index (Phi) is 3.56. The SMILES string of the molecule is CCn1c(C(=O)NCc2ccccc2)cc2sccc21. The van der Waals surface area contributed by atoms with E-state index in [-0.39, 0.29) is 5.91 Å². The maximum absolute atomic E-state index is 12.3. The van der Waals surface area contributed by atoms with Crippen LogP contribution in [0, 0.1) is 0 Å². The molecular formula is C16H16N2OS. The Balaban J connectivity index is 1.80. The van der Waals surface area contributed by atoms with Gasteiger partial charge in [-0.15, -0.1) is 11.3 Å². The fraction of sp³-hybridized carbons (Fsp3) is 0.188. The highest BCUT2D eigenvalue weighted by atomic mass is 32.1. The van der Waals surface area contributed by atoms with Crippen LogP contribution in [0.25, 0.3) is 10.2 Å². The van der Waals surface area contributed by atoms with E-state index >= 15 is 0 Å². The van der Waals surface area contributed by atoms with Gasteiger partial charge in [0.25, 0.3) is 5.91 Å². The van der Waals surface area contributed by atoms with E-state index in [4.69, 9.17) is 0 Å². The van der Waals surface area contributed by atoms with Crippen LogP contribution in [0.3, 0.4) is 0 Å². The highest BCUT2D eigenvalue weighted by Crippen LogP contribution is 2.25. The van der Waals surface area contributed by atoms with Gasteiger partial charge < -0.3 is 9.88 Å². The van der Waals surface area contributed by atoms with Gasteiger partial charge in [0.2, 0.25) is 0 Å². The minimum atomic E-state index is -0.0147. The zero-order valence-electron chi connectivity index (χ0n) is 11.3. The Labute approximate surface area is 121 Å². The smallest absolute Gasteiger partial charge is 0.268 e. The third-order valence-electron chi connectivity index (χ3n) is 3.37. The van der Waals surface area contributed by atoms with Crippen molar-refractivity contribution in [2.24, 2.45) is 0 Å². The molecule has 0 aliphatic rings. The number of benzene rings is 1. The molecule has 0 radical (unpaired) electrons. The van der Waals surface area contributed by atoms with Crippen LogP contribution in [0.4, 0.5) is 0 Å². The normalized spacial score (nSPS) is 10.8. The number of carbonyl (C=O) groups is 1. The molecule has 3 aromatic rings. The summed E-state index contributed by atoms with van der Waals surface area (Å²) in [6, 6.07) is 14.0. The minimum absolute atomic E-state index is 0.0147. The summed E-state index contributed by atoms with van der Waals surface area (Å²) >= 11 is 1.67. The molecule has 2 aromatic heterocycles. The minimum Gasteiger partial charge on any atom is -0.347 e. The van der Waals surface area contributed by atoms with Crippen LogP contribution in [0.5, 0.6) is 0 Å². The number of amides is 1. The van der Waals surface area contributed by atoms with Crippen LogP contribution >= 0.6 is 11.3 Å². The third kappa shape index (κ3) is 2.34. The molecular weight excluding hydrogens is 268 g/mol. The molecule has 0 fully saturated rings. The number of aromatic nitrogens is 1. The number of nitrogens with zero attached hydrogens (tertiary/aromatic N) is 1. The van der Waals surface area contributed by atoms with Gasteiger partial charge in [0.15, 0.2) is 0 Å². The molecule has 0 aliphatic heterocycles. The van der Waals surface area contributed by atoms with Gasteiger partial charge in [-0.1, -0.05) is 30.3 Å². The summed E-state index contributed by atoms with van der Waals surface area (Å²) in [5, 5.41) is 5.04. The summed E-state index contributed by atoms with van der Waals surface area (Å²) in [7, 11) is 0. The number of rotatable bonds is 4. The van der Waals surface area contributed by atoms with E-state index in [1.807, 2.05) is 36.4 Å². The molecule has 0 saturated carbocycles. The van der Waals surface area contributed by atoms with Gasteiger partial charge in [0, 0.05) is 13.1 Å². The summed E-state index contributed by atoms with van der Waals surface area (Å²) in [5.74, 6) is -0.0147. The lowest BCUT2D eigenvalue weighted by atomic mass is 10.2. The molecule has 3 nitrogen and oxygen atoms in total. The summed E-state index contributed by atoms with van der Waals surface area (Å²) in [4.78, 5) is 12.3. The van der Waals surface area contributed by atoms with E-state index in [1.165, 1.54) is 0 Å². The lowest BCUT2D eigenvalue weighted by Crippen LogP contribution is -2.25. The molecule has 2 heterocycles. The second kappa shape index (κ2) is 5.51. The first-order valence-corrected chi connectivity index (χ1v) is 7.56. The second-order valence-electron chi connectivity index (χ2n) is 4.61. The first-order chi connectivity index (χ1) is 9.79. The molecule has 0 unspecified atom stereocenters. The Hall–Kier alpha value is -2.07. The molecule has 20 heavy (non-hydrogen) atoms. The van der Waals surface area contributed by atoms with Crippen LogP contribution < -0.4 is 5.32 Å². The van der Waals surface area contributed by atoms with Crippen molar-refractivity contribution < 1.29 is 4.79 Å². The van der Waals surface area contributed by atoms with Crippen molar-refractivity contribution in [1.82, 2.24) is 9.88 Å². The van der Waals surface area contributed by atoms with E-state index in [0.29, 0.717) is 6.54 Å². The van der Waals surface area contributed by atoms with Crippen LogP contribution in [-0.4, -0.2) is 10.5 Å². The molecule has 3 rings (SSSR count). The summed E-state index contributed by atoms with van der Waals surface area (Å²) < 4.78 is 3.23. The van der Waals surface area contributed by atoms with Crippen molar-refractivity contribution in [2.45, 2.75) is 20.0 Å². The Morgan fingerprint density at radius 1 is 1.25 bits per heavy atom. The quantitative estimate of drug-likeness (QED) is 0.779. The zero-order chi connectivity index (χ0) is 13.9. The number of carbonyl (C=O) groups excluding carboxylic acids is 1. The van der Waals surface area contributed by atoms with Gasteiger partial charge in [-0.05, 0) is 30.0 Å². The molecule has 1 aromatic carbocycles. The molecule has 1 amide bonds. The standard InChI is InChI=1S/C16H16N2OS/c1-2-18-13-8-9-20-15(13)10-14(18)16(19)17-11-12-6-4-3-5-7-12/h3-10H,2,11H2,1H3,(H,17,19). The van der Waals surface area contributed by atoms with Gasteiger partial charge in [0.05, 0.1) is 10.2 Å². The van der Waals surface area contributed by atoms with Crippen LogP contribution in [0.15, 0.2) is 47.8 Å². The topological polar surface area (TPSA) is 34.0 Å². The van der Waals surface area contributed by atoms with E-state index in [2.05, 4.69) is 28.3 Å². The molecule has 1 N–H and O–H groups in total. The van der Waals surface area contributed by atoms with E-state index < -0.39 is 0 Å². The van der Waals surface area contributed by atoms with E-state index in [9.17, 15) is 4.79 Å². The van der Waals surface area contributed by atoms with Crippen molar-refractivity contribution in [3.8, 4) is 0 Å². The van der Waals surface area contributed by atoms with E-state index in [1.54, 1.807) is 11.3 Å². The molecule has 102 valence electrons. The van der Waals surface area contributed by atoms with Gasteiger partial charge in [-0.3, -0.25) is 4.79 Å². The van der Waals surface area contributed by atoms with Gasteiger partial charge in [-0.2, -0.15) is 0 Å². The molecule has 0 saturated heterocycles. The molecule has 0 aliphatic carbocycles. The number of aryl methyl sites for hydroxylation is 1. The molecule has 4 heteroatoms. The monoisotopic (exact) mass is 284 g/mol. The molecule has 0 bridgehead atoms. The van der Waals surface area contributed by atoms with Gasteiger partial charge in [0.1, 0.15) is 5.69 Å². The van der Waals surface area contributed by atoms with Gasteiger partial charge in [-0.25, -0.2) is 0 Å². The largest absolute Gasteiger partial charge is 0.347 e. The average molecular weight is 284 g/mol. The first kappa shape index (κ1) is 12.9. The Morgan fingerprint density at radius 2 is 2.05 bits per heavy atom. The van der Waals surface area contributed by atoms with E-state index in [0.717, 1.165) is 28.0 Å². The van der Waals surface area contributed by atoms with Crippen LogP contribution in [0.2, 0.25) is 0 Å². The fourth-order valence-corrected chi connectivity index (χ4v) is 3.20. The summed E-state index contributed by atoms with van der Waals surface area (Å²) in [5.41, 5.74) is 2.99. The highest BCUT2D eigenvalue weighted by Gasteiger charge is 2.14. The zero-order valence-corrected chi connectivity index (χ0v) is 12.1. The van der Waals surface area contributed by atoms with Crippen molar-refractivity contribution in [2.75, 3.05) is 0 Å². The fourth-order valence-electron chi connectivity index (χ4n) is 2.37. The van der Waals surface area contributed by atoms with Crippen molar-refractivity contribution in [3.63, 3.8) is 0 Å². The maximum Gasteiger partial charge on any atom is 0.268 e. The number of hydrogen-bond donors (Lipinski definition) is 1. The third-order valence-corrected chi connectivity index (χ3v) is 4.22. The second-order valence-corrected chi connectivity index (χ2v) is 5.56. The molecule has 0 spiro atoms. The predicted molar refractivity (Wildman–Crippen MR) is 83.1 cm³/mol. The Bertz CT molecular complexity index is 727. The molecule has 0 atom stereocenters. The van der Waals surface area contributed by atoms with Crippen molar-refractivity contribution >= 4 is 27.5 Å². The van der Waals surface area contributed by atoms with Crippen LogP contribution in [0.1, 0.15) is 23.0 Å². The lowest BCUT2D eigenvalue weighted by Gasteiger charge is -2.08. The number of fused-ring (bicyclic) bond motifs is 1. The lowest BCUT2D eigenvalue weighted by molar-refractivity contribution is 0.0942. The van der Waals surface area contributed by atoms with Crippen molar-refractivity contribution in [1.29, 1.82) is 0 Å². The maximum atomic E-state index is 12.3.